The third kappa shape index (κ3) is 5.10. The number of oxazole rings is 2. The summed E-state index contributed by atoms with van der Waals surface area (Å²) < 4.78 is 10.8. The molecule has 1 aliphatic rings. The Labute approximate surface area is 192 Å². The Morgan fingerprint density at radius 1 is 0.848 bits per heavy atom. The van der Waals surface area contributed by atoms with Crippen LogP contribution in [-0.2, 0) is 12.4 Å². The van der Waals surface area contributed by atoms with Gasteiger partial charge < -0.3 is 8.83 Å². The second-order valence-corrected chi connectivity index (χ2v) is 7.71. The minimum absolute atomic E-state index is 0.00569. The molecule has 0 bridgehead atoms. The number of nitro benzene ring substituents is 2. The van der Waals surface area contributed by atoms with Crippen LogP contribution in [0.1, 0.15) is 31.0 Å². The standard InChI is InChI=1S/C13H15N3O3.C8H5ClN2O3/c17-16(18)10-5-4-6-11-13(10)14-12(19-11)9-15-7-2-1-3-8-15;9-4-7-10-8-5(11(12)13)2-1-3-6(8)14-7/h4-6H,1-3,7-9H2;1-3H,4H2. The van der Waals surface area contributed by atoms with Crippen molar-refractivity contribution in [1.82, 2.24) is 14.9 Å². The van der Waals surface area contributed by atoms with E-state index in [2.05, 4.69) is 14.9 Å². The van der Waals surface area contributed by atoms with Crippen molar-refractivity contribution in [2.75, 3.05) is 13.1 Å². The molecule has 0 amide bonds. The molecule has 0 radical (unpaired) electrons. The first-order valence-corrected chi connectivity index (χ1v) is 10.8. The van der Waals surface area contributed by atoms with E-state index in [0.29, 0.717) is 29.1 Å². The zero-order chi connectivity index (χ0) is 23.4. The van der Waals surface area contributed by atoms with Gasteiger partial charge in [-0.15, -0.1) is 11.6 Å². The number of hydrogen-bond donors (Lipinski definition) is 0. The largest absolute Gasteiger partial charge is 0.439 e. The maximum Gasteiger partial charge on any atom is 0.298 e. The van der Waals surface area contributed by atoms with Crippen molar-refractivity contribution in [3.63, 3.8) is 0 Å². The first-order valence-electron chi connectivity index (χ1n) is 10.3. The first kappa shape index (κ1) is 22.6. The van der Waals surface area contributed by atoms with Gasteiger partial charge in [-0.2, -0.15) is 0 Å². The van der Waals surface area contributed by atoms with Gasteiger partial charge >= 0.3 is 0 Å². The number of aromatic nitrogens is 2. The molecule has 0 unspecified atom stereocenters. The van der Waals surface area contributed by atoms with Crippen LogP contribution in [0.2, 0.25) is 0 Å². The number of halogens is 1. The monoisotopic (exact) mass is 473 g/mol. The summed E-state index contributed by atoms with van der Waals surface area (Å²) in [6.07, 6.45) is 3.66. The summed E-state index contributed by atoms with van der Waals surface area (Å²) in [5.74, 6) is 0.952. The van der Waals surface area contributed by atoms with E-state index in [4.69, 9.17) is 20.4 Å². The molecule has 5 rings (SSSR count). The highest BCUT2D eigenvalue weighted by atomic mass is 35.5. The number of benzene rings is 2. The normalized spacial score (nSPS) is 14.2. The van der Waals surface area contributed by atoms with Gasteiger partial charge in [0.2, 0.25) is 11.8 Å². The molecule has 0 spiro atoms. The molecule has 0 saturated carbocycles. The van der Waals surface area contributed by atoms with Crippen LogP contribution in [0.25, 0.3) is 22.2 Å². The molecule has 33 heavy (non-hydrogen) atoms. The molecule has 0 atom stereocenters. The fraction of sp³-hybridized carbons (Fsp3) is 0.333. The summed E-state index contributed by atoms with van der Waals surface area (Å²) in [5, 5.41) is 21.5. The summed E-state index contributed by atoms with van der Waals surface area (Å²) in [5.41, 5.74) is 1.40. The third-order valence-electron chi connectivity index (χ3n) is 5.20. The minimum Gasteiger partial charge on any atom is -0.439 e. The highest BCUT2D eigenvalue weighted by molar-refractivity contribution is 6.16. The van der Waals surface area contributed by atoms with E-state index >= 15 is 0 Å². The van der Waals surface area contributed by atoms with Crippen LogP contribution in [-0.4, -0.2) is 37.8 Å². The van der Waals surface area contributed by atoms with E-state index in [-0.39, 0.29) is 28.7 Å². The Hall–Kier alpha value is -3.57. The molecule has 4 aromatic rings. The summed E-state index contributed by atoms with van der Waals surface area (Å²) in [6.45, 7) is 2.72. The molecule has 1 fully saturated rings. The predicted octanol–water partition coefficient (Wildman–Crippen LogP) is 5.20. The van der Waals surface area contributed by atoms with Crippen LogP contribution < -0.4 is 0 Å². The molecule has 2 aromatic carbocycles. The smallest absolute Gasteiger partial charge is 0.298 e. The van der Waals surface area contributed by atoms with Gasteiger partial charge in [-0.05, 0) is 38.1 Å². The number of piperidine rings is 1. The number of fused-ring (bicyclic) bond motifs is 2. The highest BCUT2D eigenvalue weighted by Crippen LogP contribution is 2.27. The molecular formula is C21H20ClN5O6. The summed E-state index contributed by atoms with van der Waals surface area (Å²) >= 11 is 5.50. The van der Waals surface area contributed by atoms with Crippen molar-refractivity contribution in [2.24, 2.45) is 0 Å². The van der Waals surface area contributed by atoms with Crippen LogP contribution in [0.3, 0.4) is 0 Å². The Morgan fingerprint density at radius 2 is 1.36 bits per heavy atom. The molecule has 3 heterocycles. The zero-order valence-corrected chi connectivity index (χ0v) is 18.2. The van der Waals surface area contributed by atoms with Gasteiger partial charge in [-0.25, -0.2) is 9.97 Å². The number of hydrogen-bond acceptors (Lipinski definition) is 9. The number of nitrogens with zero attached hydrogens (tertiary/aromatic N) is 5. The second-order valence-electron chi connectivity index (χ2n) is 7.45. The van der Waals surface area contributed by atoms with Crippen molar-refractivity contribution in [3.8, 4) is 0 Å². The van der Waals surface area contributed by atoms with Gasteiger partial charge in [0, 0.05) is 12.1 Å². The maximum absolute atomic E-state index is 10.9. The fourth-order valence-electron chi connectivity index (χ4n) is 3.69. The van der Waals surface area contributed by atoms with Crippen molar-refractivity contribution >= 4 is 45.2 Å². The quantitative estimate of drug-likeness (QED) is 0.217. The number of alkyl halides is 1. The Kier molecular flexibility index (Phi) is 6.80. The molecule has 0 aliphatic carbocycles. The maximum atomic E-state index is 10.9. The lowest BCUT2D eigenvalue weighted by Gasteiger charge is -2.24. The first-order chi connectivity index (χ1) is 16.0. The van der Waals surface area contributed by atoms with E-state index in [1.165, 1.54) is 31.4 Å². The Bertz CT molecular complexity index is 1300. The van der Waals surface area contributed by atoms with E-state index in [9.17, 15) is 20.2 Å². The molecule has 12 heteroatoms. The van der Waals surface area contributed by atoms with Crippen LogP contribution in [0.5, 0.6) is 0 Å². The lowest BCUT2D eigenvalue weighted by Crippen LogP contribution is -2.29. The topological polar surface area (TPSA) is 142 Å². The number of rotatable bonds is 5. The lowest BCUT2D eigenvalue weighted by atomic mass is 10.1. The number of likely N-dealkylation sites (tertiary alicyclic amines) is 1. The van der Waals surface area contributed by atoms with Crippen LogP contribution in [0, 0.1) is 20.2 Å². The predicted molar refractivity (Wildman–Crippen MR) is 120 cm³/mol. The summed E-state index contributed by atoms with van der Waals surface area (Å²) in [4.78, 5) is 31.1. The lowest BCUT2D eigenvalue weighted by molar-refractivity contribution is -0.383. The van der Waals surface area contributed by atoms with Gasteiger partial charge in [0.1, 0.15) is 0 Å². The number of para-hydroxylation sites is 2. The molecule has 0 N–H and O–H groups in total. The second kappa shape index (κ2) is 9.92. The van der Waals surface area contributed by atoms with Crippen molar-refractivity contribution in [1.29, 1.82) is 0 Å². The van der Waals surface area contributed by atoms with Gasteiger partial charge in [0.15, 0.2) is 22.2 Å². The number of non-ortho nitro benzene ring substituents is 2. The highest BCUT2D eigenvalue weighted by Gasteiger charge is 2.19. The number of nitro groups is 2. The van der Waals surface area contributed by atoms with Crippen molar-refractivity contribution in [3.05, 3.63) is 68.4 Å². The average molecular weight is 474 g/mol. The van der Waals surface area contributed by atoms with E-state index in [0.717, 1.165) is 13.1 Å². The molecule has 1 saturated heterocycles. The van der Waals surface area contributed by atoms with Crippen molar-refractivity contribution in [2.45, 2.75) is 31.7 Å². The van der Waals surface area contributed by atoms with Gasteiger partial charge in [-0.3, -0.25) is 25.1 Å². The molecule has 1 aliphatic heterocycles. The zero-order valence-electron chi connectivity index (χ0n) is 17.5. The van der Waals surface area contributed by atoms with Crippen molar-refractivity contribution < 1.29 is 18.7 Å². The molecule has 11 nitrogen and oxygen atoms in total. The Morgan fingerprint density at radius 3 is 1.88 bits per heavy atom. The van der Waals surface area contributed by atoms with Gasteiger partial charge in [0.05, 0.1) is 22.3 Å². The molecule has 172 valence electrons. The molecular weight excluding hydrogens is 454 g/mol. The summed E-state index contributed by atoms with van der Waals surface area (Å²) in [6, 6.07) is 9.33. The van der Waals surface area contributed by atoms with Gasteiger partial charge in [0.25, 0.3) is 11.4 Å². The van der Waals surface area contributed by atoms with E-state index < -0.39 is 9.85 Å². The third-order valence-corrected chi connectivity index (χ3v) is 5.43. The van der Waals surface area contributed by atoms with Crippen LogP contribution in [0.4, 0.5) is 11.4 Å². The van der Waals surface area contributed by atoms with Crippen LogP contribution in [0.15, 0.2) is 45.2 Å². The summed E-state index contributed by atoms with van der Waals surface area (Å²) in [7, 11) is 0. The minimum atomic E-state index is -0.497. The van der Waals surface area contributed by atoms with E-state index in [1.54, 1.807) is 24.3 Å². The Balaban J connectivity index is 0.000000165. The van der Waals surface area contributed by atoms with E-state index in [1.807, 2.05) is 0 Å². The molecule has 2 aromatic heterocycles. The van der Waals surface area contributed by atoms with Gasteiger partial charge in [-0.1, -0.05) is 18.6 Å². The average Bonchev–Trinajstić information content (AvgIpc) is 3.42. The SMILES string of the molecule is O=[N+]([O-])c1cccc2oc(CCl)nc12.O=[N+]([O-])c1cccc2oc(CN3CCCCC3)nc12. The van der Waals surface area contributed by atoms with Crippen LogP contribution >= 0.6 is 11.6 Å². The fourth-order valence-corrected chi connectivity index (χ4v) is 3.80.